The molecule has 44 valence electrons. The summed E-state index contributed by atoms with van der Waals surface area (Å²) < 4.78 is 0. The summed E-state index contributed by atoms with van der Waals surface area (Å²) in [6.07, 6.45) is 0. The second kappa shape index (κ2) is 5.23. The number of carbonyl (C=O) groups is 1. The van der Waals surface area contributed by atoms with Gasteiger partial charge in [-0.05, 0) is 6.92 Å². The van der Waals surface area contributed by atoms with Crippen LogP contribution in [0.1, 0.15) is 6.92 Å². The predicted octanol–water partition coefficient (Wildman–Crippen LogP) is -0.163. The number of rotatable bonds is 1. The smallest absolute Gasteiger partial charge is 0.312 e. The van der Waals surface area contributed by atoms with Gasteiger partial charge in [-0.2, -0.15) is 0 Å². The highest BCUT2D eigenvalue weighted by Crippen LogP contribution is 1.49. The van der Waals surface area contributed by atoms with E-state index in [0.29, 0.717) is 6.54 Å². The zero-order valence-electron chi connectivity index (χ0n) is 4.40. The molecule has 0 aromatic carbocycles. The molecule has 0 rings (SSSR count). The third-order valence-corrected chi connectivity index (χ3v) is 0.351. The van der Waals surface area contributed by atoms with Crippen LogP contribution in [0.15, 0.2) is 0 Å². The maximum atomic E-state index is 9.71. The summed E-state index contributed by atoms with van der Waals surface area (Å²) in [5.74, 6) is 0. The Morgan fingerprint density at radius 3 is 2.29 bits per heavy atom. The third kappa shape index (κ3) is 11.0. The molecule has 0 atom stereocenters. The summed E-state index contributed by atoms with van der Waals surface area (Å²) in [4.78, 5) is 9.71. The van der Waals surface area contributed by atoms with Crippen molar-refractivity contribution in [1.29, 1.82) is 0 Å². The highest BCUT2D eigenvalue weighted by atomic mass is 16.2. The Balaban J connectivity index is 0. The van der Waals surface area contributed by atoms with Crippen molar-refractivity contribution >= 4 is 6.03 Å². The lowest BCUT2D eigenvalue weighted by atomic mass is 10.7. The van der Waals surface area contributed by atoms with Gasteiger partial charge < -0.3 is 17.2 Å². The molecular weight excluding hydrogens is 94.1 g/mol. The number of amides is 2. The maximum absolute atomic E-state index is 9.71. The third-order valence-electron chi connectivity index (χ3n) is 0.351. The molecular formula is C3H11N3O. The molecule has 0 aliphatic carbocycles. The van der Waals surface area contributed by atoms with E-state index in [-0.39, 0.29) is 6.15 Å². The Labute approximate surface area is 42.7 Å². The van der Waals surface area contributed by atoms with E-state index in [1.165, 1.54) is 0 Å². The Hall–Kier alpha value is -0.770. The topological polar surface area (TPSA) is 90.1 Å². The molecule has 7 heavy (non-hydrogen) atoms. The molecule has 6 N–H and O–H groups in total. The molecule has 2 amide bonds. The van der Waals surface area contributed by atoms with E-state index in [1.54, 1.807) is 0 Å². The molecule has 0 bridgehead atoms. The number of nitrogens with one attached hydrogen (secondary N) is 1. The number of nitrogens with two attached hydrogens (primary N) is 1. The molecule has 0 fully saturated rings. The van der Waals surface area contributed by atoms with Gasteiger partial charge in [0.1, 0.15) is 0 Å². The minimum atomic E-state index is -0.461. The fourth-order valence-electron chi connectivity index (χ4n) is 0.174. The van der Waals surface area contributed by atoms with Crippen molar-refractivity contribution in [2.24, 2.45) is 5.73 Å². The van der Waals surface area contributed by atoms with Crippen LogP contribution in [-0.4, -0.2) is 12.6 Å². The molecule has 0 unspecified atom stereocenters. The average Bonchev–Trinajstić information content (AvgIpc) is 1.35. The van der Waals surface area contributed by atoms with Gasteiger partial charge in [0.2, 0.25) is 0 Å². The summed E-state index contributed by atoms with van der Waals surface area (Å²) >= 11 is 0. The van der Waals surface area contributed by atoms with E-state index >= 15 is 0 Å². The van der Waals surface area contributed by atoms with Crippen molar-refractivity contribution in [1.82, 2.24) is 11.5 Å². The Morgan fingerprint density at radius 1 is 1.86 bits per heavy atom. The van der Waals surface area contributed by atoms with E-state index in [1.807, 2.05) is 6.92 Å². The molecule has 0 spiro atoms. The minimum absolute atomic E-state index is 0. The van der Waals surface area contributed by atoms with E-state index < -0.39 is 6.03 Å². The second-order valence-electron chi connectivity index (χ2n) is 0.895. The number of primary amides is 1. The molecule has 4 heteroatoms. The van der Waals surface area contributed by atoms with Gasteiger partial charge in [-0.3, -0.25) is 0 Å². The molecule has 0 aromatic rings. The number of hydrogen-bond acceptors (Lipinski definition) is 2. The monoisotopic (exact) mass is 105 g/mol. The Bertz CT molecular complexity index is 54.1. The van der Waals surface area contributed by atoms with Gasteiger partial charge in [0.15, 0.2) is 0 Å². The fraction of sp³-hybridized carbons (Fsp3) is 0.667. The van der Waals surface area contributed by atoms with Gasteiger partial charge in [0.05, 0.1) is 0 Å². The largest absolute Gasteiger partial charge is 0.352 e. The van der Waals surface area contributed by atoms with Gasteiger partial charge >= 0.3 is 6.03 Å². The van der Waals surface area contributed by atoms with Crippen molar-refractivity contribution in [3.05, 3.63) is 0 Å². The standard InChI is InChI=1S/C3H8N2O.H3N/c1-2-5-3(4)6;/h2H2,1H3,(H3,4,5,6);1H3. The zero-order chi connectivity index (χ0) is 4.99. The lowest BCUT2D eigenvalue weighted by Crippen LogP contribution is -2.28. The summed E-state index contributed by atoms with van der Waals surface area (Å²) in [6.45, 7) is 2.42. The molecule has 0 saturated heterocycles. The van der Waals surface area contributed by atoms with Crippen molar-refractivity contribution in [3.63, 3.8) is 0 Å². The molecule has 0 radical (unpaired) electrons. The van der Waals surface area contributed by atoms with Crippen LogP contribution < -0.4 is 17.2 Å². The normalized spacial score (nSPS) is 6.43. The number of urea groups is 1. The van der Waals surface area contributed by atoms with E-state index in [2.05, 4.69) is 11.1 Å². The zero-order valence-corrected chi connectivity index (χ0v) is 4.40. The SMILES string of the molecule is CCNC(N)=O.N. The summed E-state index contributed by atoms with van der Waals surface area (Å²) in [6, 6.07) is -0.461. The first-order chi connectivity index (χ1) is 2.77. The van der Waals surface area contributed by atoms with E-state index in [0.717, 1.165) is 0 Å². The van der Waals surface area contributed by atoms with Crippen molar-refractivity contribution in [2.75, 3.05) is 6.54 Å². The summed E-state index contributed by atoms with van der Waals surface area (Å²) in [5.41, 5.74) is 4.65. The Kier molecular flexibility index (Phi) is 7.12. The van der Waals surface area contributed by atoms with Crippen LogP contribution in [-0.2, 0) is 0 Å². The quantitative estimate of drug-likeness (QED) is 0.432. The van der Waals surface area contributed by atoms with Gasteiger partial charge in [-0.1, -0.05) is 0 Å². The van der Waals surface area contributed by atoms with Crippen LogP contribution in [0, 0.1) is 0 Å². The van der Waals surface area contributed by atoms with Gasteiger partial charge in [0, 0.05) is 6.54 Å². The number of carbonyl (C=O) groups excluding carboxylic acids is 1. The van der Waals surface area contributed by atoms with Gasteiger partial charge in [0.25, 0.3) is 0 Å². The van der Waals surface area contributed by atoms with Crippen LogP contribution in [0.4, 0.5) is 4.79 Å². The molecule has 0 aliphatic heterocycles. The first-order valence-corrected chi connectivity index (χ1v) is 1.80. The van der Waals surface area contributed by atoms with E-state index in [4.69, 9.17) is 0 Å². The minimum Gasteiger partial charge on any atom is -0.352 e. The number of hydrogen-bond donors (Lipinski definition) is 3. The van der Waals surface area contributed by atoms with Crippen LogP contribution in [0.25, 0.3) is 0 Å². The van der Waals surface area contributed by atoms with Gasteiger partial charge in [-0.25, -0.2) is 4.79 Å². The van der Waals surface area contributed by atoms with Crippen molar-refractivity contribution < 1.29 is 4.79 Å². The summed E-state index contributed by atoms with van der Waals surface area (Å²) in [7, 11) is 0. The second-order valence-corrected chi connectivity index (χ2v) is 0.895. The molecule has 0 aliphatic rings. The highest BCUT2D eigenvalue weighted by molar-refractivity contribution is 5.71. The predicted molar refractivity (Wildman–Crippen MR) is 28.3 cm³/mol. The van der Waals surface area contributed by atoms with Crippen LogP contribution in [0.3, 0.4) is 0 Å². The van der Waals surface area contributed by atoms with Crippen LogP contribution in [0.2, 0.25) is 0 Å². The van der Waals surface area contributed by atoms with E-state index in [9.17, 15) is 4.79 Å². The molecule has 0 heterocycles. The first-order valence-electron chi connectivity index (χ1n) is 1.80. The van der Waals surface area contributed by atoms with Crippen LogP contribution >= 0.6 is 0 Å². The van der Waals surface area contributed by atoms with Crippen molar-refractivity contribution in [2.45, 2.75) is 6.92 Å². The van der Waals surface area contributed by atoms with Crippen molar-refractivity contribution in [3.8, 4) is 0 Å². The average molecular weight is 105 g/mol. The summed E-state index contributed by atoms with van der Waals surface area (Å²) in [5, 5.41) is 2.35. The Morgan fingerprint density at radius 2 is 2.29 bits per heavy atom. The maximum Gasteiger partial charge on any atom is 0.312 e. The van der Waals surface area contributed by atoms with Crippen LogP contribution in [0.5, 0.6) is 0 Å². The highest BCUT2D eigenvalue weighted by Gasteiger charge is 1.79. The fourth-order valence-corrected chi connectivity index (χ4v) is 0.174. The molecule has 0 saturated carbocycles. The lowest BCUT2D eigenvalue weighted by molar-refractivity contribution is 0.249. The molecule has 4 nitrogen and oxygen atoms in total. The first kappa shape index (κ1) is 9.52. The van der Waals surface area contributed by atoms with Gasteiger partial charge in [-0.15, -0.1) is 0 Å². The lowest BCUT2D eigenvalue weighted by Gasteiger charge is -1.88. The molecule has 0 aromatic heterocycles.